The number of rotatable bonds is 3. The molecule has 0 spiro atoms. The number of aromatic nitrogens is 2. The molecule has 0 radical (unpaired) electrons. The Morgan fingerprint density at radius 2 is 2.08 bits per heavy atom. The summed E-state index contributed by atoms with van der Waals surface area (Å²) in [6.45, 7) is 6.65. The Balaban J connectivity index is 2.71. The fourth-order valence-electron chi connectivity index (χ4n) is 1.57. The minimum Gasteiger partial charge on any atom is -0.384 e. The second-order valence-corrected chi connectivity index (χ2v) is 4.15. The third-order valence-electron chi connectivity index (χ3n) is 2.26. The Bertz CT molecular complexity index is 256. The molecule has 2 N–H and O–H groups in total. The fourth-order valence-corrected chi connectivity index (χ4v) is 1.57. The van der Waals surface area contributed by atoms with Crippen molar-refractivity contribution >= 4 is 5.82 Å². The monoisotopic (exact) mass is 181 g/mol. The molecule has 1 aromatic heterocycles. The van der Waals surface area contributed by atoms with Gasteiger partial charge in [0.15, 0.2) is 0 Å². The van der Waals surface area contributed by atoms with Crippen LogP contribution in [0.15, 0.2) is 6.07 Å². The molecule has 0 aromatic carbocycles. The van der Waals surface area contributed by atoms with E-state index >= 15 is 0 Å². The van der Waals surface area contributed by atoms with E-state index in [-0.39, 0.29) is 0 Å². The van der Waals surface area contributed by atoms with Gasteiger partial charge in [0, 0.05) is 19.0 Å². The van der Waals surface area contributed by atoms with E-state index in [9.17, 15) is 0 Å². The summed E-state index contributed by atoms with van der Waals surface area (Å²) >= 11 is 0. The molecule has 74 valence electrons. The first-order valence-corrected chi connectivity index (χ1v) is 4.80. The van der Waals surface area contributed by atoms with Crippen molar-refractivity contribution in [3.8, 4) is 0 Å². The lowest BCUT2D eigenvalue weighted by Crippen LogP contribution is -2.01. The highest BCUT2D eigenvalue weighted by atomic mass is 15.3. The molecule has 1 atom stereocenters. The van der Waals surface area contributed by atoms with Crippen molar-refractivity contribution < 1.29 is 0 Å². The van der Waals surface area contributed by atoms with Gasteiger partial charge in [-0.2, -0.15) is 5.10 Å². The van der Waals surface area contributed by atoms with Crippen molar-refractivity contribution in [2.45, 2.75) is 33.1 Å². The second-order valence-electron chi connectivity index (χ2n) is 4.15. The second kappa shape index (κ2) is 3.81. The summed E-state index contributed by atoms with van der Waals surface area (Å²) in [6, 6.07) is 1.97. The maximum absolute atomic E-state index is 5.71. The first-order chi connectivity index (χ1) is 6.00. The molecule has 0 aliphatic rings. The Morgan fingerprint density at radius 3 is 2.46 bits per heavy atom. The highest BCUT2D eigenvalue weighted by Crippen LogP contribution is 2.22. The average molecular weight is 181 g/mol. The van der Waals surface area contributed by atoms with Gasteiger partial charge in [0.2, 0.25) is 0 Å². The Morgan fingerprint density at radius 1 is 1.46 bits per heavy atom. The van der Waals surface area contributed by atoms with E-state index in [0.29, 0.717) is 11.8 Å². The predicted octanol–water partition coefficient (Wildman–Crippen LogP) is 2.15. The van der Waals surface area contributed by atoms with Crippen molar-refractivity contribution in [1.29, 1.82) is 0 Å². The topological polar surface area (TPSA) is 43.8 Å². The first kappa shape index (κ1) is 10.1. The van der Waals surface area contributed by atoms with Gasteiger partial charge in [-0.15, -0.1) is 0 Å². The molecule has 1 aromatic rings. The largest absolute Gasteiger partial charge is 0.384 e. The van der Waals surface area contributed by atoms with E-state index in [1.54, 1.807) is 4.68 Å². The maximum atomic E-state index is 5.71. The molecule has 0 bridgehead atoms. The lowest BCUT2D eigenvalue weighted by molar-refractivity contribution is 0.511. The molecular formula is C10H19N3. The molecule has 3 nitrogen and oxygen atoms in total. The quantitative estimate of drug-likeness (QED) is 0.776. The van der Waals surface area contributed by atoms with Gasteiger partial charge in [0.25, 0.3) is 0 Å². The van der Waals surface area contributed by atoms with Crippen molar-refractivity contribution in [2.75, 3.05) is 5.73 Å². The molecule has 0 aliphatic carbocycles. The Labute approximate surface area is 79.9 Å². The third kappa shape index (κ3) is 2.47. The van der Waals surface area contributed by atoms with Crippen LogP contribution in [0.3, 0.4) is 0 Å². The standard InChI is InChI=1S/C10H19N3/c1-7(2)5-8(3)9-6-10(11)13(4)12-9/h6-8H,5,11H2,1-4H3. The van der Waals surface area contributed by atoms with Crippen molar-refractivity contribution in [2.24, 2.45) is 13.0 Å². The predicted molar refractivity (Wildman–Crippen MR) is 55.5 cm³/mol. The molecule has 0 amide bonds. The molecule has 0 saturated carbocycles. The molecule has 0 fully saturated rings. The Hall–Kier alpha value is -0.990. The first-order valence-electron chi connectivity index (χ1n) is 4.80. The molecule has 0 saturated heterocycles. The zero-order chi connectivity index (χ0) is 10.0. The summed E-state index contributed by atoms with van der Waals surface area (Å²) < 4.78 is 1.73. The highest BCUT2D eigenvalue weighted by molar-refractivity contribution is 5.31. The maximum Gasteiger partial charge on any atom is 0.121 e. The van der Waals surface area contributed by atoms with Crippen LogP contribution in [-0.4, -0.2) is 9.78 Å². The number of hydrogen-bond acceptors (Lipinski definition) is 2. The number of aryl methyl sites for hydroxylation is 1. The van der Waals surface area contributed by atoms with E-state index in [1.165, 1.54) is 0 Å². The van der Waals surface area contributed by atoms with Crippen LogP contribution in [-0.2, 0) is 7.05 Å². The summed E-state index contributed by atoms with van der Waals surface area (Å²) in [6.07, 6.45) is 1.16. The van der Waals surface area contributed by atoms with E-state index in [1.807, 2.05) is 13.1 Å². The van der Waals surface area contributed by atoms with Crippen molar-refractivity contribution in [3.63, 3.8) is 0 Å². The summed E-state index contributed by atoms with van der Waals surface area (Å²) in [4.78, 5) is 0. The van der Waals surface area contributed by atoms with Gasteiger partial charge in [-0.1, -0.05) is 20.8 Å². The molecule has 0 aliphatic heterocycles. The van der Waals surface area contributed by atoms with Gasteiger partial charge in [-0.05, 0) is 12.3 Å². The van der Waals surface area contributed by atoms with Gasteiger partial charge in [-0.3, -0.25) is 4.68 Å². The van der Waals surface area contributed by atoms with Gasteiger partial charge >= 0.3 is 0 Å². The fraction of sp³-hybridized carbons (Fsp3) is 0.700. The van der Waals surface area contributed by atoms with Crippen LogP contribution in [0, 0.1) is 5.92 Å². The molecular weight excluding hydrogens is 162 g/mol. The molecule has 3 heteroatoms. The summed E-state index contributed by atoms with van der Waals surface area (Å²) in [7, 11) is 1.88. The van der Waals surface area contributed by atoms with Crippen LogP contribution in [0.25, 0.3) is 0 Å². The number of nitrogens with zero attached hydrogens (tertiary/aromatic N) is 2. The molecule has 13 heavy (non-hydrogen) atoms. The van der Waals surface area contributed by atoms with E-state index in [0.717, 1.165) is 17.9 Å². The van der Waals surface area contributed by atoms with Crippen LogP contribution in [0.5, 0.6) is 0 Å². The lowest BCUT2D eigenvalue weighted by Gasteiger charge is -2.10. The third-order valence-corrected chi connectivity index (χ3v) is 2.26. The highest BCUT2D eigenvalue weighted by Gasteiger charge is 2.11. The van der Waals surface area contributed by atoms with Crippen LogP contribution in [0.1, 0.15) is 38.8 Å². The van der Waals surface area contributed by atoms with Crippen LogP contribution in [0.2, 0.25) is 0 Å². The van der Waals surface area contributed by atoms with E-state index < -0.39 is 0 Å². The van der Waals surface area contributed by atoms with Crippen molar-refractivity contribution in [1.82, 2.24) is 9.78 Å². The SMILES string of the molecule is CC(C)CC(C)c1cc(N)n(C)n1. The van der Waals surface area contributed by atoms with E-state index in [2.05, 4.69) is 25.9 Å². The number of nitrogen functional groups attached to an aromatic ring is 1. The minimum atomic E-state index is 0.503. The minimum absolute atomic E-state index is 0.503. The normalized spacial score (nSPS) is 13.6. The average Bonchev–Trinajstić information content (AvgIpc) is 2.31. The van der Waals surface area contributed by atoms with Gasteiger partial charge in [0.1, 0.15) is 5.82 Å². The summed E-state index contributed by atoms with van der Waals surface area (Å²) in [5.74, 6) is 1.95. The van der Waals surface area contributed by atoms with E-state index in [4.69, 9.17) is 5.73 Å². The zero-order valence-corrected chi connectivity index (χ0v) is 8.91. The number of anilines is 1. The molecule has 1 rings (SSSR count). The molecule has 1 unspecified atom stereocenters. The summed E-state index contributed by atoms with van der Waals surface area (Å²) in [5, 5.41) is 4.35. The Kier molecular flexibility index (Phi) is 2.96. The van der Waals surface area contributed by atoms with Gasteiger partial charge < -0.3 is 5.73 Å². The van der Waals surface area contributed by atoms with Crippen LogP contribution < -0.4 is 5.73 Å². The van der Waals surface area contributed by atoms with Gasteiger partial charge in [0.05, 0.1) is 5.69 Å². The lowest BCUT2D eigenvalue weighted by atomic mass is 9.96. The smallest absolute Gasteiger partial charge is 0.121 e. The van der Waals surface area contributed by atoms with Crippen LogP contribution >= 0.6 is 0 Å². The number of nitrogens with two attached hydrogens (primary N) is 1. The van der Waals surface area contributed by atoms with Gasteiger partial charge in [-0.25, -0.2) is 0 Å². The molecule has 1 heterocycles. The van der Waals surface area contributed by atoms with Crippen molar-refractivity contribution in [3.05, 3.63) is 11.8 Å². The van der Waals surface area contributed by atoms with Crippen LogP contribution in [0.4, 0.5) is 5.82 Å². The number of hydrogen-bond donors (Lipinski definition) is 1. The zero-order valence-electron chi connectivity index (χ0n) is 8.91. The summed E-state index contributed by atoms with van der Waals surface area (Å²) in [5.41, 5.74) is 6.81.